The first kappa shape index (κ1) is 21.0. The highest BCUT2D eigenvalue weighted by atomic mass is 19.1. The summed E-state index contributed by atoms with van der Waals surface area (Å²) in [5.41, 5.74) is 3.01. The van der Waals surface area contributed by atoms with E-state index in [4.69, 9.17) is 0 Å². The molecule has 0 aliphatic carbocycles. The number of nitrogens with one attached hydrogen (secondary N) is 2. The third-order valence-electron chi connectivity index (χ3n) is 7.40. The zero-order valence-corrected chi connectivity index (χ0v) is 18.7. The topological polar surface area (TPSA) is 35.5 Å². The molecule has 6 heteroatoms. The number of anilines is 1. The third kappa shape index (κ3) is 4.38. The summed E-state index contributed by atoms with van der Waals surface area (Å²) in [5.74, 6) is 0. The highest BCUT2D eigenvalue weighted by Crippen LogP contribution is 2.34. The van der Waals surface area contributed by atoms with Crippen molar-refractivity contribution in [1.82, 2.24) is 20.1 Å². The van der Waals surface area contributed by atoms with Gasteiger partial charge in [0.2, 0.25) is 0 Å². The molecule has 2 N–H and O–H groups in total. The number of likely N-dealkylation sites (tertiary alicyclic amines) is 1. The molecule has 1 aromatic heterocycles. The van der Waals surface area contributed by atoms with Crippen LogP contribution in [0.15, 0.2) is 36.7 Å². The number of hydrogen-bond donors (Lipinski definition) is 2. The van der Waals surface area contributed by atoms with Crippen molar-refractivity contribution in [3.05, 3.63) is 42.2 Å². The Kier molecular flexibility index (Phi) is 6.04. The SMILES string of the molecule is CCc1cn(C2CCN(CC3(F)CCNCC3)CC2)c2ccc(N3C=CCNC3)cc12. The van der Waals surface area contributed by atoms with Crippen LogP contribution in [0.3, 0.4) is 0 Å². The number of aryl methyl sites for hydroxylation is 1. The maximum Gasteiger partial charge on any atom is 0.126 e. The number of nitrogens with zero attached hydrogens (tertiary/aromatic N) is 3. The molecule has 2 aromatic rings. The van der Waals surface area contributed by atoms with E-state index in [-0.39, 0.29) is 0 Å². The molecule has 5 nitrogen and oxygen atoms in total. The van der Waals surface area contributed by atoms with Crippen LogP contribution in [0.25, 0.3) is 10.9 Å². The molecule has 0 saturated carbocycles. The standard InChI is InChI=1S/C25H36FN5/c1-2-20-17-31(24-5-4-22(16-23(20)24)30-13-3-10-28-19-30)21-6-14-29(15-7-21)18-25(26)8-11-27-12-9-25/h3-5,13,16-17,21,27-28H,2,6-12,14-15,18-19H2,1H3. The molecule has 2 fully saturated rings. The van der Waals surface area contributed by atoms with Crippen molar-refractivity contribution in [3.63, 3.8) is 0 Å². The first-order valence-electron chi connectivity index (χ1n) is 12.0. The Labute approximate surface area is 185 Å². The van der Waals surface area contributed by atoms with Crippen molar-refractivity contribution in [1.29, 1.82) is 0 Å². The first-order valence-corrected chi connectivity index (χ1v) is 12.0. The average Bonchev–Trinajstić information content (AvgIpc) is 3.18. The van der Waals surface area contributed by atoms with Crippen molar-refractivity contribution in [2.75, 3.05) is 50.8 Å². The molecule has 5 rings (SSSR count). The first-order chi connectivity index (χ1) is 15.1. The second kappa shape index (κ2) is 8.93. The van der Waals surface area contributed by atoms with Gasteiger partial charge >= 0.3 is 0 Å². The van der Waals surface area contributed by atoms with E-state index in [1.807, 2.05) is 0 Å². The van der Waals surface area contributed by atoms with Gasteiger partial charge in [-0.25, -0.2) is 4.39 Å². The maximum atomic E-state index is 15.1. The second-order valence-electron chi connectivity index (χ2n) is 9.49. The predicted octanol–water partition coefficient (Wildman–Crippen LogP) is 3.81. The Morgan fingerprint density at radius 3 is 2.65 bits per heavy atom. The molecule has 0 amide bonds. The van der Waals surface area contributed by atoms with Crippen molar-refractivity contribution >= 4 is 16.6 Å². The van der Waals surface area contributed by atoms with Crippen LogP contribution in [0.1, 0.15) is 44.2 Å². The quantitative estimate of drug-likeness (QED) is 0.764. The number of rotatable bonds is 5. The van der Waals surface area contributed by atoms with E-state index in [0.29, 0.717) is 25.4 Å². The molecular weight excluding hydrogens is 389 g/mol. The molecule has 0 atom stereocenters. The predicted molar refractivity (Wildman–Crippen MR) is 126 cm³/mol. The minimum absolute atomic E-state index is 0.505. The van der Waals surface area contributed by atoms with Crippen LogP contribution in [0, 0.1) is 0 Å². The number of hydrogen-bond acceptors (Lipinski definition) is 4. The smallest absolute Gasteiger partial charge is 0.126 e. The van der Waals surface area contributed by atoms with Crippen LogP contribution < -0.4 is 15.5 Å². The molecule has 31 heavy (non-hydrogen) atoms. The zero-order chi connectivity index (χ0) is 21.3. The van der Waals surface area contributed by atoms with Crippen molar-refractivity contribution in [3.8, 4) is 0 Å². The fraction of sp³-hybridized carbons (Fsp3) is 0.600. The van der Waals surface area contributed by atoms with Gasteiger partial charge in [0.15, 0.2) is 0 Å². The van der Waals surface area contributed by atoms with Crippen LogP contribution in [0.2, 0.25) is 0 Å². The molecule has 168 valence electrons. The van der Waals surface area contributed by atoms with E-state index in [1.165, 1.54) is 22.2 Å². The zero-order valence-electron chi connectivity index (χ0n) is 18.7. The Morgan fingerprint density at radius 2 is 1.94 bits per heavy atom. The lowest BCUT2D eigenvalue weighted by Crippen LogP contribution is -2.48. The fourth-order valence-corrected chi connectivity index (χ4v) is 5.54. The molecule has 3 aliphatic heterocycles. The summed E-state index contributed by atoms with van der Waals surface area (Å²) >= 11 is 0. The van der Waals surface area contributed by atoms with Gasteiger partial charge in [-0.3, -0.25) is 5.32 Å². The van der Waals surface area contributed by atoms with Gasteiger partial charge < -0.3 is 19.7 Å². The second-order valence-corrected chi connectivity index (χ2v) is 9.49. The number of alkyl halides is 1. The van der Waals surface area contributed by atoms with Crippen LogP contribution >= 0.6 is 0 Å². The van der Waals surface area contributed by atoms with Crippen LogP contribution in [-0.4, -0.2) is 61.1 Å². The van der Waals surface area contributed by atoms with Crippen LogP contribution in [0.4, 0.5) is 10.1 Å². The normalized spacial score (nSPS) is 23.0. The van der Waals surface area contributed by atoms with E-state index in [9.17, 15) is 0 Å². The Morgan fingerprint density at radius 1 is 1.13 bits per heavy atom. The van der Waals surface area contributed by atoms with Crippen molar-refractivity contribution in [2.24, 2.45) is 0 Å². The van der Waals surface area contributed by atoms with Gasteiger partial charge in [0.05, 0.1) is 6.67 Å². The Balaban J connectivity index is 1.31. The van der Waals surface area contributed by atoms with Gasteiger partial charge in [0, 0.05) is 61.2 Å². The van der Waals surface area contributed by atoms with Gasteiger partial charge in [-0.2, -0.15) is 0 Å². The van der Waals surface area contributed by atoms with E-state index < -0.39 is 5.67 Å². The monoisotopic (exact) mass is 425 g/mol. The van der Waals surface area contributed by atoms with Gasteiger partial charge in [0.1, 0.15) is 5.67 Å². The minimum atomic E-state index is -0.998. The van der Waals surface area contributed by atoms with E-state index >= 15 is 4.39 Å². The molecule has 0 bridgehead atoms. The number of fused-ring (bicyclic) bond motifs is 1. The van der Waals surface area contributed by atoms with Crippen LogP contribution in [-0.2, 0) is 6.42 Å². The van der Waals surface area contributed by atoms with Gasteiger partial charge in [-0.15, -0.1) is 0 Å². The summed E-state index contributed by atoms with van der Waals surface area (Å²) < 4.78 is 17.6. The summed E-state index contributed by atoms with van der Waals surface area (Å²) in [4.78, 5) is 4.63. The maximum absolute atomic E-state index is 15.1. The third-order valence-corrected chi connectivity index (χ3v) is 7.40. The van der Waals surface area contributed by atoms with Crippen molar-refractivity contribution in [2.45, 2.75) is 50.7 Å². The lowest BCUT2D eigenvalue weighted by atomic mass is 9.92. The van der Waals surface area contributed by atoms with Gasteiger partial charge in [0.25, 0.3) is 0 Å². The Bertz CT molecular complexity index is 921. The van der Waals surface area contributed by atoms with E-state index in [1.54, 1.807) is 0 Å². The average molecular weight is 426 g/mol. The molecule has 0 radical (unpaired) electrons. The number of halogens is 1. The molecule has 4 heterocycles. The summed E-state index contributed by atoms with van der Waals surface area (Å²) in [7, 11) is 0. The summed E-state index contributed by atoms with van der Waals surface area (Å²) in [5, 5.41) is 8.06. The van der Waals surface area contributed by atoms with E-state index in [0.717, 1.165) is 58.7 Å². The molecular formula is C25H36FN5. The van der Waals surface area contributed by atoms with Crippen LogP contribution in [0.5, 0.6) is 0 Å². The van der Waals surface area contributed by atoms with Crippen molar-refractivity contribution < 1.29 is 4.39 Å². The lowest BCUT2D eigenvalue weighted by Gasteiger charge is -2.39. The minimum Gasteiger partial charge on any atom is -0.344 e. The summed E-state index contributed by atoms with van der Waals surface area (Å²) in [6.45, 7) is 8.26. The Hall–Kier alpha value is -1.89. The molecule has 0 spiro atoms. The van der Waals surface area contributed by atoms with Gasteiger partial charge in [-0.05, 0) is 69.0 Å². The largest absolute Gasteiger partial charge is 0.344 e. The molecule has 3 aliphatic rings. The summed E-state index contributed by atoms with van der Waals surface area (Å²) in [6, 6.07) is 7.39. The highest BCUT2D eigenvalue weighted by Gasteiger charge is 2.35. The van der Waals surface area contributed by atoms with E-state index in [2.05, 4.69) is 68.6 Å². The molecule has 0 unspecified atom stereocenters. The lowest BCUT2D eigenvalue weighted by molar-refractivity contribution is 0.0472. The number of benzene rings is 1. The number of piperidine rings is 2. The highest BCUT2D eigenvalue weighted by molar-refractivity contribution is 5.87. The fourth-order valence-electron chi connectivity index (χ4n) is 5.54. The molecule has 1 aromatic carbocycles. The molecule has 2 saturated heterocycles. The number of aromatic nitrogens is 1. The summed E-state index contributed by atoms with van der Waals surface area (Å²) in [6.07, 6.45) is 11.3. The van der Waals surface area contributed by atoms with Gasteiger partial charge in [-0.1, -0.05) is 13.0 Å².